The highest BCUT2D eigenvalue weighted by Crippen LogP contribution is 2.30. The van der Waals surface area contributed by atoms with Crippen molar-refractivity contribution in [1.82, 2.24) is 20.3 Å². The van der Waals surface area contributed by atoms with Crippen molar-refractivity contribution >= 4 is 29.1 Å². The summed E-state index contributed by atoms with van der Waals surface area (Å²) in [4.78, 5) is 12.1. The number of aromatic nitrogens is 3. The second kappa shape index (κ2) is 7.72. The van der Waals surface area contributed by atoms with Crippen molar-refractivity contribution in [3.63, 3.8) is 0 Å². The van der Waals surface area contributed by atoms with Gasteiger partial charge in [0.05, 0.1) is 11.2 Å². The van der Waals surface area contributed by atoms with Gasteiger partial charge in [-0.25, -0.2) is 0 Å². The summed E-state index contributed by atoms with van der Waals surface area (Å²) in [5.41, 5.74) is 1.95. The molecule has 0 fully saturated rings. The molecule has 25 heavy (non-hydrogen) atoms. The molecule has 0 aliphatic rings. The molecule has 0 unspecified atom stereocenters. The lowest BCUT2D eigenvalue weighted by atomic mass is 10.1. The van der Waals surface area contributed by atoms with E-state index in [2.05, 4.69) is 15.6 Å². The number of carbonyl (C=O) groups excluding carboxylic acids is 1. The van der Waals surface area contributed by atoms with Crippen LogP contribution in [0.4, 0.5) is 0 Å². The first-order valence-corrected chi connectivity index (χ1v) is 8.48. The molecule has 130 valence electrons. The van der Waals surface area contributed by atoms with E-state index in [1.165, 1.54) is 0 Å². The minimum atomic E-state index is -0.295. The second-order valence-electron chi connectivity index (χ2n) is 5.59. The maximum absolute atomic E-state index is 12.1. The largest absolute Gasteiger partial charge is 0.355 e. The van der Waals surface area contributed by atoms with Gasteiger partial charge in [0.2, 0.25) is 0 Å². The van der Waals surface area contributed by atoms with Crippen LogP contribution in [0, 0.1) is 6.92 Å². The average molecular weight is 379 g/mol. The molecular formula is C17H16Cl2N4O2. The van der Waals surface area contributed by atoms with Gasteiger partial charge < -0.3 is 9.84 Å². The van der Waals surface area contributed by atoms with E-state index in [0.29, 0.717) is 27.9 Å². The van der Waals surface area contributed by atoms with Crippen molar-refractivity contribution in [1.29, 1.82) is 0 Å². The summed E-state index contributed by atoms with van der Waals surface area (Å²) in [7, 11) is 0. The van der Waals surface area contributed by atoms with E-state index in [0.717, 1.165) is 18.5 Å². The highest BCUT2D eigenvalue weighted by atomic mass is 35.5. The summed E-state index contributed by atoms with van der Waals surface area (Å²) in [5, 5.41) is 11.8. The summed E-state index contributed by atoms with van der Waals surface area (Å²) in [6.45, 7) is 3.24. The molecule has 8 heteroatoms. The third-order valence-electron chi connectivity index (χ3n) is 3.55. The molecule has 0 aliphatic carbocycles. The summed E-state index contributed by atoms with van der Waals surface area (Å²) < 4.78 is 7.06. The number of aryl methyl sites for hydroxylation is 2. The van der Waals surface area contributed by atoms with Crippen molar-refractivity contribution in [2.45, 2.75) is 19.9 Å². The summed E-state index contributed by atoms with van der Waals surface area (Å²) in [6.07, 6.45) is 4.53. The molecule has 1 N–H and O–H groups in total. The number of hydrogen-bond acceptors (Lipinski definition) is 4. The van der Waals surface area contributed by atoms with Gasteiger partial charge in [-0.05, 0) is 37.1 Å². The monoisotopic (exact) mass is 378 g/mol. The van der Waals surface area contributed by atoms with Crippen molar-refractivity contribution < 1.29 is 9.32 Å². The number of nitrogens with zero attached hydrogens (tertiary/aromatic N) is 3. The molecule has 3 aromatic rings. The van der Waals surface area contributed by atoms with Crippen LogP contribution in [-0.4, -0.2) is 27.4 Å². The minimum absolute atomic E-state index is 0.205. The third kappa shape index (κ3) is 4.41. The van der Waals surface area contributed by atoms with Crippen molar-refractivity contribution in [3.05, 3.63) is 58.0 Å². The Morgan fingerprint density at radius 1 is 1.32 bits per heavy atom. The van der Waals surface area contributed by atoms with Gasteiger partial charge in [-0.1, -0.05) is 28.4 Å². The third-order valence-corrected chi connectivity index (χ3v) is 4.10. The lowest BCUT2D eigenvalue weighted by molar-refractivity contribution is 0.0943. The molecule has 3 rings (SSSR count). The lowest BCUT2D eigenvalue weighted by Crippen LogP contribution is -2.25. The summed E-state index contributed by atoms with van der Waals surface area (Å²) >= 11 is 12.0. The van der Waals surface area contributed by atoms with Crippen LogP contribution in [0.5, 0.6) is 0 Å². The number of benzene rings is 1. The van der Waals surface area contributed by atoms with Crippen molar-refractivity contribution in [2.24, 2.45) is 0 Å². The van der Waals surface area contributed by atoms with Crippen LogP contribution in [0.3, 0.4) is 0 Å². The molecule has 0 atom stereocenters. The van der Waals surface area contributed by atoms with Gasteiger partial charge in [0.25, 0.3) is 5.91 Å². The van der Waals surface area contributed by atoms with Crippen LogP contribution < -0.4 is 5.32 Å². The zero-order chi connectivity index (χ0) is 17.8. The van der Waals surface area contributed by atoms with Crippen LogP contribution in [0.25, 0.3) is 11.3 Å². The molecule has 1 aromatic carbocycles. The number of rotatable bonds is 6. The normalized spacial score (nSPS) is 10.8. The topological polar surface area (TPSA) is 73.0 Å². The SMILES string of the molecule is Cc1cnn(CCCNC(=O)c2cc(-c3ccc(Cl)cc3Cl)on2)c1. The first-order valence-electron chi connectivity index (χ1n) is 7.72. The average Bonchev–Trinajstić information content (AvgIpc) is 3.21. The standard InChI is InChI=1S/C17H16Cl2N4O2/c1-11-9-21-23(10-11)6-2-5-20-17(24)15-8-16(25-22-15)13-4-3-12(18)7-14(13)19/h3-4,7-10H,2,5-6H2,1H3,(H,20,24). The minimum Gasteiger partial charge on any atom is -0.355 e. The van der Waals surface area contributed by atoms with E-state index in [9.17, 15) is 4.79 Å². The molecule has 0 radical (unpaired) electrons. The molecule has 0 aliphatic heterocycles. The van der Waals surface area contributed by atoms with Gasteiger partial charge >= 0.3 is 0 Å². The van der Waals surface area contributed by atoms with E-state index in [1.54, 1.807) is 30.5 Å². The van der Waals surface area contributed by atoms with E-state index in [1.807, 2.05) is 17.8 Å². The number of hydrogen-bond donors (Lipinski definition) is 1. The first-order chi connectivity index (χ1) is 12.0. The molecule has 2 aromatic heterocycles. The van der Waals surface area contributed by atoms with Crippen molar-refractivity contribution in [2.75, 3.05) is 6.54 Å². The first kappa shape index (κ1) is 17.5. The fraction of sp³-hybridized carbons (Fsp3) is 0.235. The Morgan fingerprint density at radius 3 is 2.88 bits per heavy atom. The van der Waals surface area contributed by atoms with Gasteiger partial charge in [0, 0.05) is 35.9 Å². The van der Waals surface area contributed by atoms with Gasteiger partial charge in [-0.2, -0.15) is 5.10 Å². The Labute approximate surface area is 154 Å². The predicted octanol–water partition coefficient (Wildman–Crippen LogP) is 3.97. The van der Waals surface area contributed by atoms with Crippen LogP contribution in [-0.2, 0) is 6.54 Å². The van der Waals surface area contributed by atoms with E-state index in [-0.39, 0.29) is 11.6 Å². The lowest BCUT2D eigenvalue weighted by Gasteiger charge is -2.03. The van der Waals surface area contributed by atoms with Crippen LogP contribution in [0.2, 0.25) is 10.0 Å². The number of halogens is 2. The van der Waals surface area contributed by atoms with Gasteiger partial charge in [-0.3, -0.25) is 9.48 Å². The summed E-state index contributed by atoms with van der Waals surface area (Å²) in [5.74, 6) is 0.121. The molecule has 0 spiro atoms. The molecule has 6 nitrogen and oxygen atoms in total. The maximum Gasteiger partial charge on any atom is 0.273 e. The number of nitrogens with one attached hydrogen (secondary N) is 1. The molecule has 2 heterocycles. The van der Waals surface area contributed by atoms with Gasteiger partial charge in [-0.15, -0.1) is 0 Å². The molecule has 0 bridgehead atoms. The van der Waals surface area contributed by atoms with E-state index < -0.39 is 0 Å². The number of carbonyl (C=O) groups is 1. The van der Waals surface area contributed by atoms with Crippen LogP contribution in [0.1, 0.15) is 22.5 Å². The van der Waals surface area contributed by atoms with E-state index in [4.69, 9.17) is 27.7 Å². The maximum atomic E-state index is 12.1. The van der Waals surface area contributed by atoms with Crippen molar-refractivity contribution in [3.8, 4) is 11.3 Å². The molecule has 0 saturated heterocycles. The predicted molar refractivity (Wildman–Crippen MR) is 95.9 cm³/mol. The quantitative estimate of drug-likeness (QED) is 0.658. The van der Waals surface area contributed by atoms with Crippen LogP contribution in [0.15, 0.2) is 41.2 Å². The Kier molecular flexibility index (Phi) is 5.40. The Hall–Kier alpha value is -2.31. The van der Waals surface area contributed by atoms with E-state index >= 15 is 0 Å². The Morgan fingerprint density at radius 2 is 2.16 bits per heavy atom. The molecule has 1 amide bonds. The highest BCUT2D eigenvalue weighted by molar-refractivity contribution is 6.36. The smallest absolute Gasteiger partial charge is 0.273 e. The zero-order valence-corrected chi connectivity index (χ0v) is 15.0. The fourth-order valence-electron chi connectivity index (χ4n) is 2.32. The Balaban J connectivity index is 1.55. The zero-order valence-electron chi connectivity index (χ0n) is 13.5. The highest BCUT2D eigenvalue weighted by Gasteiger charge is 2.15. The Bertz CT molecular complexity index is 888. The van der Waals surface area contributed by atoms with Gasteiger partial charge in [0.1, 0.15) is 0 Å². The second-order valence-corrected chi connectivity index (χ2v) is 6.43. The molecular weight excluding hydrogens is 363 g/mol. The molecule has 0 saturated carbocycles. The van der Waals surface area contributed by atoms with Gasteiger partial charge in [0.15, 0.2) is 11.5 Å². The number of amides is 1. The van der Waals surface area contributed by atoms with Crippen LogP contribution >= 0.6 is 23.2 Å². The summed E-state index contributed by atoms with van der Waals surface area (Å²) in [6, 6.07) is 6.58. The fourth-order valence-corrected chi connectivity index (χ4v) is 2.82.